The molecule has 0 aliphatic heterocycles. The summed E-state index contributed by atoms with van der Waals surface area (Å²) in [6, 6.07) is 13.6. The second-order valence-electron chi connectivity index (χ2n) is 9.74. The van der Waals surface area contributed by atoms with Crippen LogP contribution in [0.3, 0.4) is 0 Å². The summed E-state index contributed by atoms with van der Waals surface area (Å²) in [5.74, 6) is -1.20. The minimum Gasteiger partial charge on any atom is -0.481 e. The molecule has 0 bridgehead atoms. The van der Waals surface area contributed by atoms with Gasteiger partial charge in [-0.3, -0.25) is 9.59 Å². The average Bonchev–Trinajstić information content (AvgIpc) is 3.30. The van der Waals surface area contributed by atoms with Crippen LogP contribution in [0.25, 0.3) is 11.3 Å². The maximum atomic E-state index is 12.3. The fourth-order valence-electron chi connectivity index (χ4n) is 4.55. The second-order valence-corrected chi connectivity index (χ2v) is 11.3. The Balaban J connectivity index is 1.53. The molecule has 2 N–H and O–H groups in total. The maximum Gasteiger partial charge on any atom is 0.305 e. The first kappa shape index (κ1) is 27.9. The van der Waals surface area contributed by atoms with Gasteiger partial charge in [0.2, 0.25) is 0 Å². The minimum atomic E-state index is -0.934. The van der Waals surface area contributed by atoms with E-state index in [9.17, 15) is 9.59 Å². The molecule has 200 valence electrons. The van der Waals surface area contributed by atoms with E-state index in [1.165, 1.54) is 31.3 Å². The van der Waals surface area contributed by atoms with Crippen LogP contribution in [0.5, 0.6) is 0 Å². The zero-order chi connectivity index (χ0) is 27.1. The standard InChI is InChI=1S/C30H34ClN3O3S/c1-20-8-11-25(18-26(20)31)28-21(2)38-30(33-28)34(17-15-22-6-4-3-5-7-22)19-23-9-12-24(13-10-23)29(37)32-16-14-27(35)36/h6,8-13,18H,3-5,7,14-17,19H2,1-2H3,(H,32,37)(H,35,36). The van der Waals surface area contributed by atoms with Crippen molar-refractivity contribution in [1.82, 2.24) is 10.3 Å². The number of halogens is 1. The predicted molar refractivity (Wildman–Crippen MR) is 155 cm³/mol. The Hall–Kier alpha value is -3.16. The Kier molecular flexibility index (Phi) is 9.58. The van der Waals surface area contributed by atoms with Crippen LogP contribution in [0.4, 0.5) is 5.13 Å². The number of aromatic nitrogens is 1. The number of carbonyl (C=O) groups excluding carboxylic acids is 1. The van der Waals surface area contributed by atoms with Crippen molar-refractivity contribution in [2.75, 3.05) is 18.0 Å². The lowest BCUT2D eigenvalue weighted by atomic mass is 9.97. The SMILES string of the molecule is Cc1ccc(-c2nc(N(CCC3=CCCCC3)Cc3ccc(C(=O)NCCC(=O)O)cc3)sc2C)cc1Cl. The van der Waals surface area contributed by atoms with Crippen molar-refractivity contribution in [3.05, 3.63) is 80.7 Å². The van der Waals surface area contributed by atoms with Gasteiger partial charge in [0.05, 0.1) is 12.1 Å². The largest absolute Gasteiger partial charge is 0.481 e. The number of hydrogen-bond donors (Lipinski definition) is 2. The highest BCUT2D eigenvalue weighted by Gasteiger charge is 2.18. The molecule has 0 spiro atoms. The van der Waals surface area contributed by atoms with E-state index < -0.39 is 5.97 Å². The lowest BCUT2D eigenvalue weighted by Gasteiger charge is -2.24. The van der Waals surface area contributed by atoms with Crippen LogP contribution in [-0.4, -0.2) is 35.1 Å². The van der Waals surface area contributed by atoms with E-state index >= 15 is 0 Å². The van der Waals surface area contributed by atoms with Crippen molar-refractivity contribution in [2.24, 2.45) is 0 Å². The molecule has 0 atom stereocenters. The van der Waals surface area contributed by atoms with Gasteiger partial charge in [0.25, 0.3) is 5.91 Å². The van der Waals surface area contributed by atoms with Gasteiger partial charge < -0.3 is 15.3 Å². The number of carboxylic acid groups (broad SMARTS) is 1. The van der Waals surface area contributed by atoms with Crippen LogP contribution in [0.2, 0.25) is 5.02 Å². The molecule has 0 saturated carbocycles. The molecule has 6 nitrogen and oxygen atoms in total. The summed E-state index contributed by atoms with van der Waals surface area (Å²) < 4.78 is 0. The number of benzene rings is 2. The van der Waals surface area contributed by atoms with Crippen LogP contribution >= 0.6 is 22.9 Å². The topological polar surface area (TPSA) is 82.5 Å². The maximum absolute atomic E-state index is 12.3. The first-order valence-corrected chi connectivity index (χ1v) is 14.3. The molecule has 8 heteroatoms. The lowest BCUT2D eigenvalue weighted by molar-refractivity contribution is -0.136. The van der Waals surface area contributed by atoms with Crippen LogP contribution in [-0.2, 0) is 11.3 Å². The number of nitrogens with zero attached hydrogens (tertiary/aromatic N) is 2. The second kappa shape index (κ2) is 13.1. The lowest BCUT2D eigenvalue weighted by Crippen LogP contribution is -2.26. The highest BCUT2D eigenvalue weighted by atomic mass is 35.5. The Labute approximate surface area is 233 Å². The minimum absolute atomic E-state index is 0.0980. The third-order valence-corrected chi connectivity index (χ3v) is 8.24. The van der Waals surface area contributed by atoms with Crippen molar-refractivity contribution < 1.29 is 14.7 Å². The van der Waals surface area contributed by atoms with Gasteiger partial charge in [-0.1, -0.05) is 47.5 Å². The van der Waals surface area contributed by atoms with Gasteiger partial charge >= 0.3 is 5.97 Å². The molecule has 0 radical (unpaired) electrons. The number of nitrogens with one attached hydrogen (secondary N) is 1. The van der Waals surface area contributed by atoms with Crippen molar-refractivity contribution in [2.45, 2.75) is 58.9 Å². The van der Waals surface area contributed by atoms with Crippen LogP contribution in [0.1, 0.15) is 64.9 Å². The number of aliphatic carboxylic acids is 1. The smallest absolute Gasteiger partial charge is 0.305 e. The molecular formula is C30H34ClN3O3S. The Morgan fingerprint density at radius 2 is 1.92 bits per heavy atom. The first-order valence-electron chi connectivity index (χ1n) is 13.1. The zero-order valence-corrected chi connectivity index (χ0v) is 23.5. The molecule has 1 heterocycles. The number of carboxylic acids is 1. The molecule has 0 fully saturated rings. The Bertz CT molecular complexity index is 1320. The molecule has 4 rings (SSSR count). The monoisotopic (exact) mass is 551 g/mol. The molecule has 3 aromatic rings. The normalized spacial score (nSPS) is 13.2. The van der Waals surface area contributed by atoms with E-state index in [0.717, 1.165) is 50.4 Å². The van der Waals surface area contributed by atoms with Gasteiger partial charge in [-0.25, -0.2) is 4.98 Å². The van der Waals surface area contributed by atoms with E-state index in [4.69, 9.17) is 21.7 Å². The van der Waals surface area contributed by atoms with Crippen LogP contribution in [0, 0.1) is 13.8 Å². The zero-order valence-electron chi connectivity index (χ0n) is 21.9. The van der Waals surface area contributed by atoms with Crippen LogP contribution < -0.4 is 10.2 Å². The summed E-state index contributed by atoms with van der Waals surface area (Å²) in [5, 5.41) is 13.1. The van der Waals surface area contributed by atoms with Gasteiger partial charge in [-0.15, -0.1) is 11.3 Å². The third kappa shape index (κ3) is 7.45. The number of hydrogen-bond acceptors (Lipinski definition) is 5. The number of aryl methyl sites for hydroxylation is 2. The average molecular weight is 552 g/mol. The third-order valence-electron chi connectivity index (χ3n) is 6.80. The fourth-order valence-corrected chi connectivity index (χ4v) is 5.68. The first-order chi connectivity index (χ1) is 18.3. The highest BCUT2D eigenvalue weighted by Crippen LogP contribution is 2.35. The van der Waals surface area contributed by atoms with Gasteiger partial charge in [0.1, 0.15) is 0 Å². The molecule has 0 unspecified atom stereocenters. The predicted octanol–water partition coefficient (Wildman–Crippen LogP) is 7.18. The van der Waals surface area contributed by atoms with Gasteiger partial charge in [-0.05, 0) is 75.3 Å². The van der Waals surface area contributed by atoms with Gasteiger partial charge in [-0.2, -0.15) is 0 Å². The molecular weight excluding hydrogens is 518 g/mol. The molecule has 2 aromatic carbocycles. The molecule has 1 aliphatic rings. The Morgan fingerprint density at radius 3 is 2.61 bits per heavy atom. The summed E-state index contributed by atoms with van der Waals surface area (Å²) in [6.45, 7) is 5.75. The van der Waals surface area contributed by atoms with Crippen molar-refractivity contribution >= 4 is 39.9 Å². The van der Waals surface area contributed by atoms with E-state index in [1.807, 2.05) is 31.2 Å². The summed E-state index contributed by atoms with van der Waals surface area (Å²) in [6.07, 6.45) is 8.18. The van der Waals surface area contributed by atoms with E-state index in [2.05, 4.69) is 29.3 Å². The molecule has 1 amide bonds. The number of anilines is 1. The van der Waals surface area contributed by atoms with Crippen molar-refractivity contribution in [3.63, 3.8) is 0 Å². The number of rotatable bonds is 11. The summed E-state index contributed by atoms with van der Waals surface area (Å²) in [4.78, 5) is 31.6. The number of amides is 1. The molecule has 38 heavy (non-hydrogen) atoms. The molecule has 1 aromatic heterocycles. The molecule has 1 aliphatic carbocycles. The quantitative estimate of drug-likeness (QED) is 0.247. The highest BCUT2D eigenvalue weighted by molar-refractivity contribution is 7.16. The fraction of sp³-hybridized carbons (Fsp3) is 0.367. The number of allylic oxidation sites excluding steroid dienone is 1. The van der Waals surface area contributed by atoms with Crippen molar-refractivity contribution in [1.29, 1.82) is 0 Å². The van der Waals surface area contributed by atoms with E-state index in [1.54, 1.807) is 23.5 Å². The summed E-state index contributed by atoms with van der Waals surface area (Å²) in [5.41, 5.74) is 6.15. The van der Waals surface area contributed by atoms with E-state index in [-0.39, 0.29) is 18.9 Å². The van der Waals surface area contributed by atoms with Crippen LogP contribution in [0.15, 0.2) is 54.1 Å². The summed E-state index contributed by atoms with van der Waals surface area (Å²) in [7, 11) is 0. The van der Waals surface area contributed by atoms with E-state index in [0.29, 0.717) is 12.1 Å². The number of carbonyl (C=O) groups is 2. The summed E-state index contributed by atoms with van der Waals surface area (Å²) >= 11 is 8.10. The number of thiazole rings is 1. The Morgan fingerprint density at radius 1 is 1.13 bits per heavy atom. The molecule has 0 saturated heterocycles. The van der Waals surface area contributed by atoms with Gasteiger partial charge in [0.15, 0.2) is 5.13 Å². The van der Waals surface area contributed by atoms with Crippen molar-refractivity contribution in [3.8, 4) is 11.3 Å². The van der Waals surface area contributed by atoms with Gasteiger partial charge in [0, 0.05) is 40.7 Å².